The summed E-state index contributed by atoms with van der Waals surface area (Å²) in [5.74, 6) is -0.458. The quantitative estimate of drug-likeness (QED) is 0.473. The number of hydrogen-bond acceptors (Lipinski definition) is 7. The largest absolute Gasteiger partial charge is 0.467 e. The number of para-hydroxylation sites is 2. The van der Waals surface area contributed by atoms with Crippen LogP contribution in [0.5, 0.6) is 0 Å². The van der Waals surface area contributed by atoms with E-state index in [-0.39, 0.29) is 17.3 Å². The van der Waals surface area contributed by atoms with Crippen LogP contribution in [0.25, 0.3) is 11.0 Å². The fourth-order valence-corrected chi connectivity index (χ4v) is 7.71. The lowest BCUT2D eigenvalue weighted by molar-refractivity contribution is -0.142. The molecule has 0 spiro atoms. The van der Waals surface area contributed by atoms with Crippen molar-refractivity contribution in [2.45, 2.75) is 107 Å². The third kappa shape index (κ3) is 6.04. The molecule has 4 atom stereocenters. The average Bonchev–Trinajstić information content (AvgIpc) is 3.18. The number of piperidine rings is 1. The Kier molecular flexibility index (Phi) is 9.28. The van der Waals surface area contributed by atoms with Crippen LogP contribution in [0, 0.1) is 0 Å². The van der Waals surface area contributed by atoms with Crippen LogP contribution >= 0.6 is 11.8 Å². The second-order valence-corrected chi connectivity index (χ2v) is 12.4. The lowest BCUT2D eigenvalue weighted by Gasteiger charge is -2.45. The van der Waals surface area contributed by atoms with Crippen LogP contribution in [0.4, 0.5) is 0 Å². The van der Waals surface area contributed by atoms with Gasteiger partial charge in [-0.3, -0.25) is 14.5 Å². The van der Waals surface area contributed by atoms with Gasteiger partial charge in [0, 0.05) is 24.2 Å². The molecule has 5 rings (SSSR count). The number of thioether (sulfide) groups is 1. The molecule has 2 bridgehead atoms. The topological polar surface area (TPSA) is 93.5 Å². The van der Waals surface area contributed by atoms with E-state index in [1.807, 2.05) is 35.1 Å². The normalized spacial score (nSPS) is 25.1. The minimum Gasteiger partial charge on any atom is -0.467 e. The van der Waals surface area contributed by atoms with E-state index in [9.17, 15) is 14.4 Å². The Morgan fingerprint density at radius 3 is 2.33 bits per heavy atom. The van der Waals surface area contributed by atoms with Gasteiger partial charge in [0.15, 0.2) is 5.69 Å². The highest BCUT2D eigenvalue weighted by Gasteiger charge is 2.44. The highest BCUT2D eigenvalue weighted by atomic mass is 32.2. The van der Waals surface area contributed by atoms with Gasteiger partial charge >= 0.3 is 5.97 Å². The van der Waals surface area contributed by atoms with Gasteiger partial charge in [-0.1, -0.05) is 44.2 Å². The Morgan fingerprint density at radius 2 is 1.67 bits per heavy atom. The smallest absolute Gasteiger partial charge is 0.328 e. The minimum absolute atomic E-state index is 0.0205. The van der Waals surface area contributed by atoms with Crippen molar-refractivity contribution in [3.8, 4) is 0 Å². The molecular formula is C30H42N4O4S. The first kappa shape index (κ1) is 28.1. The van der Waals surface area contributed by atoms with E-state index in [0.717, 1.165) is 18.4 Å². The summed E-state index contributed by atoms with van der Waals surface area (Å²) in [4.78, 5) is 47.0. The van der Waals surface area contributed by atoms with Gasteiger partial charge in [0.2, 0.25) is 0 Å². The number of carbonyl (C=O) groups is 2. The predicted octanol–water partition coefficient (Wildman–Crippen LogP) is 4.70. The number of methoxy groups -OCH3 is 1. The molecule has 3 aliphatic rings. The zero-order chi connectivity index (χ0) is 27.4. The number of benzene rings is 1. The van der Waals surface area contributed by atoms with E-state index in [1.165, 1.54) is 64.9 Å². The van der Waals surface area contributed by atoms with Crippen LogP contribution in [0.2, 0.25) is 0 Å². The van der Waals surface area contributed by atoms with E-state index in [4.69, 9.17) is 4.74 Å². The van der Waals surface area contributed by atoms with Crippen molar-refractivity contribution in [2.24, 2.45) is 0 Å². The maximum atomic E-state index is 14.0. The first-order valence-electron chi connectivity index (χ1n) is 14.7. The van der Waals surface area contributed by atoms with Crippen LogP contribution in [0.3, 0.4) is 0 Å². The average molecular weight is 555 g/mol. The molecule has 9 heteroatoms. The van der Waals surface area contributed by atoms with Crippen molar-refractivity contribution in [3.05, 3.63) is 40.3 Å². The van der Waals surface area contributed by atoms with Crippen molar-refractivity contribution in [2.75, 3.05) is 19.1 Å². The Labute approximate surface area is 235 Å². The van der Waals surface area contributed by atoms with Gasteiger partial charge in [0.05, 0.1) is 18.1 Å². The number of amides is 1. The Hall–Kier alpha value is -2.39. The molecule has 1 N–H and O–H groups in total. The summed E-state index contributed by atoms with van der Waals surface area (Å²) >= 11 is 1.58. The molecule has 2 aliphatic heterocycles. The number of esters is 1. The van der Waals surface area contributed by atoms with Gasteiger partial charge in [-0.25, -0.2) is 9.78 Å². The molecule has 1 aromatic heterocycles. The summed E-state index contributed by atoms with van der Waals surface area (Å²) in [6.07, 6.45) is 15.8. The number of ether oxygens (including phenoxy) is 1. The van der Waals surface area contributed by atoms with E-state index < -0.39 is 17.9 Å². The van der Waals surface area contributed by atoms with Gasteiger partial charge < -0.3 is 14.6 Å². The molecule has 8 nitrogen and oxygen atoms in total. The number of nitrogens with zero attached hydrogens (tertiary/aromatic N) is 3. The number of hydrogen-bond donors (Lipinski definition) is 1. The number of fused-ring (bicyclic) bond motifs is 3. The molecule has 0 radical (unpaired) electrons. The second kappa shape index (κ2) is 12.9. The number of rotatable bonds is 8. The lowest BCUT2D eigenvalue weighted by Crippen LogP contribution is -2.50. The molecule has 3 fully saturated rings. The Morgan fingerprint density at radius 1 is 1.00 bits per heavy atom. The molecule has 3 heterocycles. The lowest BCUT2D eigenvalue weighted by atomic mass is 9.89. The molecule has 212 valence electrons. The van der Waals surface area contributed by atoms with Crippen LogP contribution in [-0.4, -0.2) is 69.6 Å². The van der Waals surface area contributed by atoms with Gasteiger partial charge in [-0.15, -0.1) is 0 Å². The van der Waals surface area contributed by atoms with E-state index in [0.29, 0.717) is 35.8 Å². The van der Waals surface area contributed by atoms with Crippen LogP contribution in [-0.2, 0) is 9.53 Å². The first-order valence-corrected chi connectivity index (χ1v) is 16.1. The zero-order valence-electron chi connectivity index (χ0n) is 23.3. The highest BCUT2D eigenvalue weighted by molar-refractivity contribution is 7.98. The SMILES string of the molecule is COC(=O)C(CCSC)NC(=O)c1nc2ccccc2n([C@H]2C[C@H]3CC[C@@H](C2)N3C2CCCCCCC2)c1=O. The van der Waals surface area contributed by atoms with Crippen LogP contribution in [0.1, 0.15) is 93.6 Å². The van der Waals surface area contributed by atoms with Gasteiger partial charge in [-0.05, 0) is 69.1 Å². The van der Waals surface area contributed by atoms with Crippen molar-refractivity contribution in [1.29, 1.82) is 0 Å². The second-order valence-electron chi connectivity index (χ2n) is 11.4. The summed E-state index contributed by atoms with van der Waals surface area (Å²) in [5.41, 5.74) is 0.871. The number of aromatic nitrogens is 2. The predicted molar refractivity (Wildman–Crippen MR) is 155 cm³/mol. The Balaban J connectivity index is 1.43. The highest BCUT2D eigenvalue weighted by Crippen LogP contribution is 2.44. The van der Waals surface area contributed by atoms with Gasteiger partial charge in [0.25, 0.3) is 11.5 Å². The molecule has 1 aromatic carbocycles. The van der Waals surface area contributed by atoms with E-state index in [1.54, 1.807) is 11.8 Å². The van der Waals surface area contributed by atoms with Crippen molar-refractivity contribution in [3.63, 3.8) is 0 Å². The van der Waals surface area contributed by atoms with Crippen LogP contribution in [0.15, 0.2) is 29.1 Å². The molecule has 1 saturated carbocycles. The number of carbonyl (C=O) groups excluding carboxylic acids is 2. The van der Waals surface area contributed by atoms with Gasteiger partial charge in [0.1, 0.15) is 6.04 Å². The molecule has 39 heavy (non-hydrogen) atoms. The standard InChI is InChI=1S/C30H42N4O4S/c1-38-30(37)25(16-17-39-2)32-28(35)27-29(36)34(26-13-9-8-12-24(26)31-27)23-18-21-14-15-22(19-23)33(21)20-10-6-4-3-5-7-11-20/h8-9,12-13,20-23,25H,3-7,10-11,14-19H2,1-2H3,(H,32,35)/t21-,22+,23+,25?. The maximum absolute atomic E-state index is 14.0. The molecule has 2 aromatic rings. The third-order valence-corrected chi connectivity index (χ3v) is 9.68. The minimum atomic E-state index is -0.820. The summed E-state index contributed by atoms with van der Waals surface area (Å²) in [7, 11) is 1.30. The van der Waals surface area contributed by atoms with E-state index >= 15 is 0 Å². The molecular weight excluding hydrogens is 512 g/mol. The summed E-state index contributed by atoms with van der Waals surface area (Å²) < 4.78 is 6.74. The van der Waals surface area contributed by atoms with E-state index in [2.05, 4.69) is 15.2 Å². The molecule has 2 saturated heterocycles. The van der Waals surface area contributed by atoms with Crippen LogP contribution < -0.4 is 10.9 Å². The molecule has 1 aliphatic carbocycles. The summed E-state index contributed by atoms with van der Waals surface area (Å²) in [6.45, 7) is 0. The van der Waals surface area contributed by atoms with Crippen molar-refractivity contribution in [1.82, 2.24) is 19.8 Å². The summed E-state index contributed by atoms with van der Waals surface area (Å²) in [6, 6.07) is 8.40. The fraction of sp³-hybridized carbons (Fsp3) is 0.667. The van der Waals surface area contributed by atoms with Crippen molar-refractivity contribution < 1.29 is 14.3 Å². The Bertz CT molecular complexity index is 1210. The molecule has 1 unspecified atom stereocenters. The molecule has 1 amide bonds. The third-order valence-electron chi connectivity index (χ3n) is 9.04. The fourth-order valence-electron chi connectivity index (χ4n) is 7.24. The number of nitrogens with one attached hydrogen (secondary N) is 1. The van der Waals surface area contributed by atoms with Crippen molar-refractivity contribution >= 4 is 34.7 Å². The van der Waals surface area contributed by atoms with Gasteiger partial charge in [-0.2, -0.15) is 11.8 Å². The first-order chi connectivity index (χ1) is 19.0. The zero-order valence-corrected chi connectivity index (χ0v) is 24.1. The monoisotopic (exact) mass is 554 g/mol. The maximum Gasteiger partial charge on any atom is 0.328 e. The summed E-state index contributed by atoms with van der Waals surface area (Å²) in [5, 5.41) is 2.73.